The van der Waals surface area contributed by atoms with Crippen LogP contribution in [-0.2, 0) is 12.8 Å². The van der Waals surface area contributed by atoms with Crippen molar-refractivity contribution in [3.63, 3.8) is 0 Å². The Morgan fingerprint density at radius 1 is 1.12 bits per heavy atom. The molecule has 0 fully saturated rings. The molecule has 7 heteroatoms. The largest absolute Gasteiger partial charge is 0.321 e. The molecular formula is C18H17N3OS3. The highest BCUT2D eigenvalue weighted by Gasteiger charge is 2.16. The van der Waals surface area contributed by atoms with E-state index in [4.69, 9.17) is 0 Å². The van der Waals surface area contributed by atoms with Gasteiger partial charge in [-0.2, -0.15) is 0 Å². The van der Waals surface area contributed by atoms with Crippen molar-refractivity contribution in [3.05, 3.63) is 51.2 Å². The Kier molecular flexibility index (Phi) is 5.14. The predicted molar refractivity (Wildman–Crippen MR) is 104 cm³/mol. The van der Waals surface area contributed by atoms with E-state index in [1.165, 1.54) is 41.0 Å². The smallest absolute Gasteiger partial charge is 0.265 e. The summed E-state index contributed by atoms with van der Waals surface area (Å²) < 4.78 is 0.914. The highest BCUT2D eigenvalue weighted by atomic mass is 32.2. The van der Waals surface area contributed by atoms with Gasteiger partial charge in [-0.3, -0.25) is 4.79 Å². The summed E-state index contributed by atoms with van der Waals surface area (Å²) in [5.41, 5.74) is 3.91. The summed E-state index contributed by atoms with van der Waals surface area (Å²) in [6.45, 7) is 0. The zero-order valence-corrected chi connectivity index (χ0v) is 16.0. The maximum absolute atomic E-state index is 12.5. The number of aromatic nitrogens is 2. The van der Waals surface area contributed by atoms with E-state index < -0.39 is 0 Å². The molecule has 2 aromatic heterocycles. The second-order valence-corrected chi connectivity index (χ2v) is 9.20. The first-order valence-electron chi connectivity index (χ1n) is 8.25. The van der Waals surface area contributed by atoms with Gasteiger partial charge in [0, 0.05) is 15.5 Å². The molecule has 3 aromatic rings. The zero-order valence-electron chi connectivity index (χ0n) is 13.5. The number of carbonyl (C=O) groups excluding carboxylic acids is 1. The fraction of sp³-hybridized carbons (Fsp3) is 0.278. The molecule has 25 heavy (non-hydrogen) atoms. The molecule has 1 aliphatic carbocycles. The van der Waals surface area contributed by atoms with Gasteiger partial charge in [0.15, 0.2) is 4.34 Å². The van der Waals surface area contributed by atoms with E-state index in [0.29, 0.717) is 0 Å². The average molecular weight is 388 g/mol. The van der Waals surface area contributed by atoms with Crippen LogP contribution in [0.25, 0.3) is 0 Å². The van der Waals surface area contributed by atoms with Gasteiger partial charge in [0.25, 0.3) is 5.91 Å². The molecule has 1 N–H and O–H groups in total. The molecule has 0 aliphatic heterocycles. The van der Waals surface area contributed by atoms with Crippen LogP contribution in [0.4, 0.5) is 5.69 Å². The van der Waals surface area contributed by atoms with Crippen LogP contribution in [0.1, 0.15) is 39.4 Å². The van der Waals surface area contributed by atoms with E-state index in [0.717, 1.165) is 32.6 Å². The lowest BCUT2D eigenvalue weighted by molar-refractivity contribution is 0.103. The minimum atomic E-state index is -0.0115. The number of amides is 1. The van der Waals surface area contributed by atoms with E-state index in [1.54, 1.807) is 28.6 Å². The third-order valence-corrected chi connectivity index (χ3v) is 7.15. The molecule has 0 radical (unpaired) electrons. The maximum Gasteiger partial charge on any atom is 0.265 e. The Labute approximate surface area is 158 Å². The molecule has 1 aromatic carbocycles. The molecular weight excluding hydrogens is 370 g/mol. The lowest BCUT2D eigenvalue weighted by atomic mass is 10.1. The number of fused-ring (bicyclic) bond motifs is 1. The molecule has 0 unspecified atom stereocenters. The average Bonchev–Trinajstić information content (AvgIpc) is 3.22. The second-order valence-electron chi connectivity index (χ2n) is 5.90. The highest BCUT2D eigenvalue weighted by Crippen LogP contribution is 2.31. The maximum atomic E-state index is 12.5. The molecule has 2 heterocycles. The van der Waals surface area contributed by atoms with E-state index in [9.17, 15) is 4.79 Å². The fourth-order valence-electron chi connectivity index (χ4n) is 2.89. The number of nitrogens with one attached hydrogen (secondary N) is 1. The molecule has 0 bridgehead atoms. The standard InChI is InChI=1S/C18H17N3OS3/c22-17(16-10-12-4-2-1-3-5-15(12)25-16)20-13-6-8-14(9-7-13)24-18-21-19-11-23-18/h6-11H,1-5H2,(H,20,22). The fourth-order valence-corrected chi connectivity index (χ4v) is 5.49. The van der Waals surface area contributed by atoms with Gasteiger partial charge in [-0.15, -0.1) is 21.5 Å². The number of benzene rings is 1. The Morgan fingerprint density at radius 3 is 2.76 bits per heavy atom. The molecule has 0 saturated carbocycles. The Hall–Kier alpha value is -1.70. The van der Waals surface area contributed by atoms with Crippen molar-refractivity contribution in [2.45, 2.75) is 41.3 Å². The van der Waals surface area contributed by atoms with Crippen molar-refractivity contribution >= 4 is 46.0 Å². The van der Waals surface area contributed by atoms with Crippen molar-refractivity contribution in [3.8, 4) is 0 Å². The monoisotopic (exact) mass is 387 g/mol. The summed E-state index contributed by atoms with van der Waals surface area (Å²) in [4.78, 5) is 15.8. The first-order valence-corrected chi connectivity index (χ1v) is 10.8. The number of hydrogen-bond acceptors (Lipinski definition) is 6. The van der Waals surface area contributed by atoms with Gasteiger partial charge in [-0.25, -0.2) is 0 Å². The first-order chi connectivity index (χ1) is 12.3. The van der Waals surface area contributed by atoms with Gasteiger partial charge in [-0.1, -0.05) is 29.5 Å². The number of aryl methyl sites for hydroxylation is 2. The molecule has 4 nitrogen and oxygen atoms in total. The summed E-state index contributed by atoms with van der Waals surface area (Å²) in [5, 5.41) is 10.9. The minimum absolute atomic E-state index is 0.0115. The van der Waals surface area contributed by atoms with Gasteiger partial charge >= 0.3 is 0 Å². The normalized spacial score (nSPS) is 13.9. The third kappa shape index (κ3) is 4.11. The number of carbonyl (C=O) groups is 1. The van der Waals surface area contributed by atoms with Crippen LogP contribution >= 0.6 is 34.4 Å². The molecule has 0 saturated heterocycles. The van der Waals surface area contributed by atoms with Crippen LogP contribution in [0.2, 0.25) is 0 Å². The van der Waals surface area contributed by atoms with Crippen LogP contribution in [0.5, 0.6) is 0 Å². The van der Waals surface area contributed by atoms with Crippen LogP contribution < -0.4 is 5.32 Å². The van der Waals surface area contributed by atoms with Crippen molar-refractivity contribution in [1.82, 2.24) is 10.2 Å². The first kappa shape index (κ1) is 16.8. The van der Waals surface area contributed by atoms with Crippen molar-refractivity contribution in [2.24, 2.45) is 0 Å². The summed E-state index contributed by atoms with van der Waals surface area (Å²) in [6, 6.07) is 9.93. The van der Waals surface area contributed by atoms with Crippen molar-refractivity contribution < 1.29 is 4.79 Å². The number of nitrogens with zero attached hydrogens (tertiary/aromatic N) is 2. The molecule has 1 aliphatic rings. The second kappa shape index (κ2) is 7.68. The van der Waals surface area contributed by atoms with E-state index in [1.807, 2.05) is 24.3 Å². The minimum Gasteiger partial charge on any atom is -0.321 e. The summed E-state index contributed by atoms with van der Waals surface area (Å²) in [6.07, 6.45) is 5.99. The lowest BCUT2D eigenvalue weighted by Crippen LogP contribution is -2.09. The lowest BCUT2D eigenvalue weighted by Gasteiger charge is -2.04. The molecule has 4 rings (SSSR count). The predicted octanol–water partition coefficient (Wildman–Crippen LogP) is 5.27. The number of anilines is 1. The number of rotatable bonds is 4. The summed E-state index contributed by atoms with van der Waals surface area (Å²) in [7, 11) is 0. The van der Waals surface area contributed by atoms with Gasteiger partial charge in [-0.05, 0) is 61.6 Å². The highest BCUT2D eigenvalue weighted by molar-refractivity contribution is 8.01. The quantitative estimate of drug-likeness (QED) is 0.620. The summed E-state index contributed by atoms with van der Waals surface area (Å²) in [5.74, 6) is -0.0115. The zero-order chi connectivity index (χ0) is 17.1. The topological polar surface area (TPSA) is 54.9 Å². The Bertz CT molecular complexity index is 833. The Balaban J connectivity index is 1.42. The van der Waals surface area contributed by atoms with Crippen molar-refractivity contribution in [1.29, 1.82) is 0 Å². The van der Waals surface area contributed by atoms with Crippen LogP contribution in [0.15, 0.2) is 45.1 Å². The number of hydrogen-bond donors (Lipinski definition) is 1. The van der Waals surface area contributed by atoms with Crippen molar-refractivity contribution in [2.75, 3.05) is 5.32 Å². The van der Waals surface area contributed by atoms with Crippen LogP contribution in [0, 0.1) is 0 Å². The van der Waals surface area contributed by atoms with E-state index in [-0.39, 0.29) is 5.91 Å². The van der Waals surface area contributed by atoms with Gasteiger partial charge in [0.2, 0.25) is 0 Å². The molecule has 0 spiro atoms. The van der Waals surface area contributed by atoms with Crippen LogP contribution in [-0.4, -0.2) is 16.1 Å². The molecule has 1 amide bonds. The van der Waals surface area contributed by atoms with E-state index in [2.05, 4.69) is 21.6 Å². The molecule has 0 atom stereocenters. The van der Waals surface area contributed by atoms with Crippen LogP contribution in [0.3, 0.4) is 0 Å². The van der Waals surface area contributed by atoms with E-state index >= 15 is 0 Å². The number of thiophene rings is 1. The SMILES string of the molecule is O=C(Nc1ccc(Sc2nncs2)cc1)c1cc2c(s1)CCCCC2. The van der Waals surface area contributed by atoms with Gasteiger partial charge in [0.05, 0.1) is 4.88 Å². The third-order valence-electron chi connectivity index (χ3n) is 4.13. The Morgan fingerprint density at radius 2 is 1.96 bits per heavy atom. The molecule has 128 valence electrons. The summed E-state index contributed by atoms with van der Waals surface area (Å²) >= 11 is 4.74. The van der Waals surface area contributed by atoms with Gasteiger partial charge < -0.3 is 5.32 Å². The van der Waals surface area contributed by atoms with Gasteiger partial charge in [0.1, 0.15) is 5.51 Å².